The Hall–Kier alpha value is -1.45. The van der Waals surface area contributed by atoms with Crippen LogP contribution in [0.2, 0.25) is 0 Å². The van der Waals surface area contributed by atoms with E-state index >= 15 is 0 Å². The molecule has 80 valence electrons. The molecule has 0 unspecified atom stereocenters. The summed E-state index contributed by atoms with van der Waals surface area (Å²) in [5.41, 5.74) is 0.531. The van der Waals surface area contributed by atoms with Crippen molar-refractivity contribution in [1.29, 1.82) is 0 Å². The van der Waals surface area contributed by atoms with Crippen LogP contribution in [-0.4, -0.2) is 29.3 Å². The summed E-state index contributed by atoms with van der Waals surface area (Å²) in [5, 5.41) is 0. The lowest BCUT2D eigenvalue weighted by Crippen LogP contribution is -2.35. The van der Waals surface area contributed by atoms with E-state index in [0.717, 1.165) is 25.3 Å². The van der Waals surface area contributed by atoms with E-state index in [1.165, 1.54) is 12.8 Å². The summed E-state index contributed by atoms with van der Waals surface area (Å²) < 4.78 is 0. The average molecular weight is 205 g/mol. The van der Waals surface area contributed by atoms with Crippen LogP contribution in [0.5, 0.6) is 0 Å². The van der Waals surface area contributed by atoms with Gasteiger partial charge in [0, 0.05) is 25.5 Å². The number of anilines is 1. The molecule has 1 fully saturated rings. The predicted octanol–water partition coefficient (Wildman–Crippen LogP) is 1.53. The second-order valence-electron chi connectivity index (χ2n) is 4.13. The maximum atomic E-state index is 10.5. The third-order valence-corrected chi connectivity index (χ3v) is 2.73. The molecule has 4 heteroatoms. The highest BCUT2D eigenvalue weighted by Gasteiger charge is 2.18. The zero-order valence-corrected chi connectivity index (χ0v) is 8.89. The molecule has 0 N–H and O–H groups in total. The van der Waals surface area contributed by atoms with E-state index in [4.69, 9.17) is 0 Å². The second kappa shape index (κ2) is 4.38. The number of carbonyl (C=O) groups is 1. The number of carbonyl (C=O) groups excluding carboxylic acids is 1. The van der Waals surface area contributed by atoms with Crippen LogP contribution < -0.4 is 4.90 Å². The van der Waals surface area contributed by atoms with Crippen molar-refractivity contribution < 1.29 is 4.79 Å². The Labute approximate surface area is 89.3 Å². The van der Waals surface area contributed by atoms with Gasteiger partial charge in [-0.05, 0) is 18.8 Å². The van der Waals surface area contributed by atoms with E-state index in [1.807, 2.05) is 0 Å². The van der Waals surface area contributed by atoms with Crippen molar-refractivity contribution in [3.63, 3.8) is 0 Å². The van der Waals surface area contributed by atoms with Gasteiger partial charge in [-0.2, -0.15) is 0 Å². The van der Waals surface area contributed by atoms with Crippen LogP contribution in [0.3, 0.4) is 0 Å². The maximum Gasteiger partial charge on any atom is 0.225 e. The zero-order chi connectivity index (χ0) is 10.7. The molecule has 1 aromatic heterocycles. The first-order chi connectivity index (χ1) is 7.29. The Bertz CT molecular complexity index is 336. The van der Waals surface area contributed by atoms with Crippen LogP contribution in [0.25, 0.3) is 0 Å². The highest BCUT2D eigenvalue weighted by molar-refractivity contribution is 5.73. The zero-order valence-electron chi connectivity index (χ0n) is 8.89. The average Bonchev–Trinajstić information content (AvgIpc) is 2.29. The summed E-state index contributed by atoms with van der Waals surface area (Å²) in [7, 11) is 0. The Morgan fingerprint density at radius 2 is 2.20 bits per heavy atom. The van der Waals surface area contributed by atoms with Crippen molar-refractivity contribution in [2.45, 2.75) is 19.8 Å². The van der Waals surface area contributed by atoms with Crippen LogP contribution >= 0.6 is 0 Å². The molecular weight excluding hydrogens is 190 g/mol. The molecule has 1 aliphatic heterocycles. The minimum absolute atomic E-state index is 0.531. The van der Waals surface area contributed by atoms with Gasteiger partial charge >= 0.3 is 0 Å². The Balaban J connectivity index is 2.11. The van der Waals surface area contributed by atoms with Crippen LogP contribution in [-0.2, 0) is 0 Å². The quantitative estimate of drug-likeness (QED) is 0.687. The molecule has 1 aromatic rings. The first kappa shape index (κ1) is 10.1. The molecule has 4 nitrogen and oxygen atoms in total. The van der Waals surface area contributed by atoms with E-state index in [-0.39, 0.29) is 0 Å². The van der Waals surface area contributed by atoms with Crippen LogP contribution in [0.1, 0.15) is 30.1 Å². The Morgan fingerprint density at radius 1 is 1.47 bits per heavy atom. The Morgan fingerprint density at radius 3 is 2.80 bits per heavy atom. The second-order valence-corrected chi connectivity index (χ2v) is 4.13. The molecule has 2 heterocycles. The summed E-state index contributed by atoms with van der Waals surface area (Å²) in [4.78, 5) is 21.0. The third kappa shape index (κ3) is 2.32. The molecule has 0 bridgehead atoms. The van der Waals surface area contributed by atoms with Crippen molar-refractivity contribution >= 4 is 12.2 Å². The highest BCUT2D eigenvalue weighted by atomic mass is 16.1. The first-order valence-corrected chi connectivity index (χ1v) is 5.32. The maximum absolute atomic E-state index is 10.5. The van der Waals surface area contributed by atoms with Crippen LogP contribution in [0.4, 0.5) is 5.95 Å². The summed E-state index contributed by atoms with van der Waals surface area (Å²) in [6, 6.07) is 0. The fraction of sp³-hybridized carbons (Fsp3) is 0.545. The molecule has 0 saturated carbocycles. The monoisotopic (exact) mass is 205 g/mol. The highest BCUT2D eigenvalue weighted by Crippen LogP contribution is 2.19. The lowest BCUT2D eigenvalue weighted by Gasteiger charge is -2.30. The number of hydrogen-bond acceptors (Lipinski definition) is 4. The topological polar surface area (TPSA) is 46.1 Å². The van der Waals surface area contributed by atoms with E-state index in [2.05, 4.69) is 21.8 Å². The molecular formula is C11H15N3O. The van der Waals surface area contributed by atoms with Crippen molar-refractivity contribution in [2.75, 3.05) is 18.0 Å². The molecule has 1 aliphatic rings. The number of piperidine rings is 1. The lowest BCUT2D eigenvalue weighted by molar-refractivity contribution is 0.112. The van der Waals surface area contributed by atoms with Crippen molar-refractivity contribution in [2.24, 2.45) is 5.92 Å². The minimum atomic E-state index is 0.531. The summed E-state index contributed by atoms with van der Waals surface area (Å²) >= 11 is 0. The fourth-order valence-electron chi connectivity index (χ4n) is 1.93. The standard InChI is InChI=1S/C11H15N3O/c1-9-3-2-4-14(7-9)11-12-5-10(8-15)6-13-11/h5-6,8-9H,2-4,7H2,1H3/t9-/m0/s1. The third-order valence-electron chi connectivity index (χ3n) is 2.73. The largest absolute Gasteiger partial charge is 0.341 e. The van der Waals surface area contributed by atoms with E-state index in [1.54, 1.807) is 12.4 Å². The lowest BCUT2D eigenvalue weighted by atomic mass is 10.0. The number of aldehydes is 1. The van der Waals surface area contributed by atoms with Gasteiger partial charge in [0.25, 0.3) is 0 Å². The fourth-order valence-corrected chi connectivity index (χ4v) is 1.93. The van der Waals surface area contributed by atoms with Crippen molar-refractivity contribution in [3.8, 4) is 0 Å². The van der Waals surface area contributed by atoms with Gasteiger partial charge < -0.3 is 4.90 Å². The van der Waals surface area contributed by atoms with Crippen molar-refractivity contribution in [1.82, 2.24) is 9.97 Å². The summed E-state index contributed by atoms with van der Waals surface area (Å²) in [6.45, 7) is 4.27. The van der Waals surface area contributed by atoms with Gasteiger partial charge in [0.05, 0.1) is 5.56 Å². The molecule has 15 heavy (non-hydrogen) atoms. The van der Waals surface area contributed by atoms with E-state index < -0.39 is 0 Å². The summed E-state index contributed by atoms with van der Waals surface area (Å²) in [5.74, 6) is 1.44. The number of aromatic nitrogens is 2. The van der Waals surface area contributed by atoms with Gasteiger partial charge in [0.2, 0.25) is 5.95 Å². The van der Waals surface area contributed by atoms with Gasteiger partial charge in [-0.25, -0.2) is 9.97 Å². The molecule has 0 spiro atoms. The predicted molar refractivity (Wildman–Crippen MR) is 58.0 cm³/mol. The first-order valence-electron chi connectivity index (χ1n) is 5.32. The van der Waals surface area contributed by atoms with Gasteiger partial charge in [-0.1, -0.05) is 6.92 Å². The summed E-state index contributed by atoms with van der Waals surface area (Å²) in [6.07, 6.45) is 6.40. The van der Waals surface area contributed by atoms with Gasteiger partial charge in [-0.15, -0.1) is 0 Å². The number of nitrogens with zero attached hydrogens (tertiary/aromatic N) is 3. The minimum Gasteiger partial charge on any atom is -0.341 e. The van der Waals surface area contributed by atoms with Gasteiger partial charge in [-0.3, -0.25) is 4.79 Å². The molecule has 1 atom stereocenters. The van der Waals surface area contributed by atoms with E-state index in [9.17, 15) is 4.79 Å². The molecule has 0 aromatic carbocycles. The normalized spacial score (nSPS) is 21.4. The molecule has 0 aliphatic carbocycles. The molecule has 0 radical (unpaired) electrons. The van der Waals surface area contributed by atoms with Gasteiger partial charge in [0.15, 0.2) is 6.29 Å². The van der Waals surface area contributed by atoms with Crippen LogP contribution in [0, 0.1) is 5.92 Å². The molecule has 2 rings (SSSR count). The number of hydrogen-bond donors (Lipinski definition) is 0. The molecule has 0 amide bonds. The Kier molecular flexibility index (Phi) is 2.94. The van der Waals surface area contributed by atoms with E-state index in [0.29, 0.717) is 11.5 Å². The molecule has 1 saturated heterocycles. The van der Waals surface area contributed by atoms with Crippen molar-refractivity contribution in [3.05, 3.63) is 18.0 Å². The van der Waals surface area contributed by atoms with Crippen LogP contribution in [0.15, 0.2) is 12.4 Å². The van der Waals surface area contributed by atoms with Gasteiger partial charge in [0.1, 0.15) is 0 Å². The smallest absolute Gasteiger partial charge is 0.225 e. The number of rotatable bonds is 2. The SMILES string of the molecule is C[C@H]1CCCN(c2ncc(C=O)cn2)C1.